The molecule has 0 heterocycles. The van der Waals surface area contributed by atoms with Crippen LogP contribution in [-0.2, 0) is 9.53 Å². The lowest BCUT2D eigenvalue weighted by Gasteiger charge is -2.26. The zero-order chi connectivity index (χ0) is 15.9. The van der Waals surface area contributed by atoms with E-state index in [1.807, 2.05) is 0 Å². The zero-order valence-electron chi connectivity index (χ0n) is 12.8. The molecule has 1 aliphatic rings. The van der Waals surface area contributed by atoms with E-state index in [-0.39, 0.29) is 17.9 Å². The van der Waals surface area contributed by atoms with Gasteiger partial charge in [0.25, 0.3) is 0 Å². The first-order chi connectivity index (χ1) is 10.6. The number of halogens is 1. The highest BCUT2D eigenvalue weighted by molar-refractivity contribution is 5.94. The number of hydrogen-bond acceptors (Lipinski definition) is 4. The molecule has 2 rings (SSSR count). The first-order valence-electron chi connectivity index (χ1n) is 7.58. The van der Waals surface area contributed by atoms with Crippen molar-refractivity contribution < 1.29 is 18.7 Å². The smallest absolute Gasteiger partial charge is 0.227 e. The fourth-order valence-electron chi connectivity index (χ4n) is 2.66. The summed E-state index contributed by atoms with van der Waals surface area (Å²) < 4.78 is 23.9. The minimum absolute atomic E-state index is 0.0643. The molecule has 0 radical (unpaired) electrons. The molecule has 122 valence electrons. The zero-order valence-corrected chi connectivity index (χ0v) is 12.8. The van der Waals surface area contributed by atoms with Crippen LogP contribution in [0.4, 0.5) is 10.1 Å². The summed E-state index contributed by atoms with van der Waals surface area (Å²) in [4.78, 5) is 12.3. The van der Waals surface area contributed by atoms with Crippen LogP contribution in [0.2, 0.25) is 0 Å². The summed E-state index contributed by atoms with van der Waals surface area (Å²) in [5.41, 5.74) is 6.26. The molecule has 0 aliphatic heterocycles. The summed E-state index contributed by atoms with van der Waals surface area (Å²) in [7, 11) is 1.57. The monoisotopic (exact) mass is 310 g/mol. The molecule has 1 aromatic rings. The molecule has 6 heteroatoms. The van der Waals surface area contributed by atoms with Crippen molar-refractivity contribution >= 4 is 11.6 Å². The molecular formula is C16H23FN2O3. The Morgan fingerprint density at radius 1 is 1.41 bits per heavy atom. The van der Waals surface area contributed by atoms with E-state index in [0.717, 1.165) is 19.3 Å². The van der Waals surface area contributed by atoms with Gasteiger partial charge in [-0.1, -0.05) is 6.42 Å². The van der Waals surface area contributed by atoms with Crippen LogP contribution in [0.3, 0.4) is 0 Å². The van der Waals surface area contributed by atoms with Crippen LogP contribution in [-0.4, -0.2) is 32.3 Å². The maximum absolute atomic E-state index is 13.4. The van der Waals surface area contributed by atoms with Crippen LogP contribution in [0.5, 0.6) is 5.75 Å². The van der Waals surface area contributed by atoms with E-state index in [9.17, 15) is 9.18 Å². The number of nitrogens with one attached hydrogen (secondary N) is 1. The Balaban J connectivity index is 2.03. The second kappa shape index (κ2) is 8.10. The van der Waals surface area contributed by atoms with Gasteiger partial charge in [-0.3, -0.25) is 4.79 Å². The van der Waals surface area contributed by atoms with Crippen LogP contribution in [0.15, 0.2) is 18.2 Å². The van der Waals surface area contributed by atoms with Gasteiger partial charge in [0.2, 0.25) is 5.91 Å². The number of benzene rings is 1. The summed E-state index contributed by atoms with van der Waals surface area (Å²) in [6, 6.07) is 4.14. The van der Waals surface area contributed by atoms with Crippen molar-refractivity contribution in [1.82, 2.24) is 0 Å². The van der Waals surface area contributed by atoms with Crippen molar-refractivity contribution in [3.05, 3.63) is 24.0 Å². The minimum atomic E-state index is -0.422. The van der Waals surface area contributed by atoms with Gasteiger partial charge >= 0.3 is 0 Å². The molecule has 0 bridgehead atoms. The molecule has 1 saturated carbocycles. The number of ether oxygens (including phenoxy) is 2. The summed E-state index contributed by atoms with van der Waals surface area (Å²) in [6.07, 6.45) is 3.38. The maximum atomic E-state index is 13.4. The van der Waals surface area contributed by atoms with Crippen molar-refractivity contribution in [2.24, 2.45) is 11.7 Å². The van der Waals surface area contributed by atoms with Crippen LogP contribution in [0.25, 0.3) is 0 Å². The first-order valence-corrected chi connectivity index (χ1v) is 7.58. The molecule has 2 unspecified atom stereocenters. The highest BCUT2D eigenvalue weighted by Crippen LogP contribution is 2.29. The van der Waals surface area contributed by atoms with Gasteiger partial charge in [0, 0.05) is 25.1 Å². The quantitative estimate of drug-likeness (QED) is 0.791. The van der Waals surface area contributed by atoms with E-state index >= 15 is 0 Å². The third kappa shape index (κ3) is 4.68. The molecule has 1 aliphatic carbocycles. The summed E-state index contributed by atoms with van der Waals surface area (Å²) in [5.74, 6) is -0.238. The van der Waals surface area contributed by atoms with Crippen molar-refractivity contribution in [2.45, 2.75) is 31.7 Å². The second-order valence-corrected chi connectivity index (χ2v) is 5.59. The fraction of sp³-hybridized carbons (Fsp3) is 0.562. The number of nitrogens with two attached hydrogens (primary N) is 1. The van der Waals surface area contributed by atoms with Gasteiger partial charge in [0.05, 0.1) is 12.3 Å². The molecular weight excluding hydrogens is 287 g/mol. The van der Waals surface area contributed by atoms with Crippen LogP contribution in [0.1, 0.15) is 25.7 Å². The Hall–Kier alpha value is -1.66. The number of carbonyl (C=O) groups excluding carboxylic acids is 1. The van der Waals surface area contributed by atoms with Crippen LogP contribution in [0, 0.1) is 11.7 Å². The van der Waals surface area contributed by atoms with E-state index in [1.54, 1.807) is 7.11 Å². The topological polar surface area (TPSA) is 73.6 Å². The van der Waals surface area contributed by atoms with E-state index < -0.39 is 5.82 Å². The Kier molecular flexibility index (Phi) is 6.15. The average molecular weight is 310 g/mol. The van der Waals surface area contributed by atoms with Crippen LogP contribution < -0.4 is 15.8 Å². The van der Waals surface area contributed by atoms with E-state index in [1.165, 1.54) is 18.2 Å². The van der Waals surface area contributed by atoms with Gasteiger partial charge < -0.3 is 20.5 Å². The Morgan fingerprint density at radius 2 is 2.23 bits per heavy atom. The minimum Gasteiger partial charge on any atom is -0.489 e. The van der Waals surface area contributed by atoms with Gasteiger partial charge in [-0.05, 0) is 31.4 Å². The molecule has 0 aromatic heterocycles. The Labute approximate surface area is 130 Å². The molecule has 0 saturated heterocycles. The highest BCUT2D eigenvalue weighted by atomic mass is 19.1. The van der Waals surface area contributed by atoms with Gasteiger partial charge in [0.1, 0.15) is 18.2 Å². The molecule has 1 fully saturated rings. The predicted molar refractivity (Wildman–Crippen MR) is 82.3 cm³/mol. The standard InChI is InChI=1S/C16H23FN2O3/c1-21-7-8-22-15-6-5-12(17)10-14(15)19-16(20)11-3-2-4-13(18)9-11/h5-6,10-11,13H,2-4,7-9,18H2,1H3,(H,19,20). The predicted octanol–water partition coefficient (Wildman–Crippen LogP) is 2.31. The molecule has 22 heavy (non-hydrogen) atoms. The normalized spacial score (nSPS) is 21.4. The third-order valence-corrected chi connectivity index (χ3v) is 3.83. The van der Waals surface area contributed by atoms with Gasteiger partial charge in [0.15, 0.2) is 0 Å². The highest BCUT2D eigenvalue weighted by Gasteiger charge is 2.26. The van der Waals surface area contributed by atoms with Gasteiger partial charge in [-0.2, -0.15) is 0 Å². The number of anilines is 1. The number of carbonyl (C=O) groups is 1. The summed E-state index contributed by atoms with van der Waals surface area (Å²) in [5, 5.41) is 2.77. The van der Waals surface area contributed by atoms with Crippen molar-refractivity contribution in [2.75, 3.05) is 25.6 Å². The largest absolute Gasteiger partial charge is 0.489 e. The SMILES string of the molecule is COCCOc1ccc(F)cc1NC(=O)C1CCCC(N)C1. The lowest BCUT2D eigenvalue weighted by molar-refractivity contribution is -0.120. The lowest BCUT2D eigenvalue weighted by Crippen LogP contribution is -2.34. The average Bonchev–Trinajstić information content (AvgIpc) is 2.49. The van der Waals surface area contributed by atoms with Crippen molar-refractivity contribution in [3.63, 3.8) is 0 Å². The molecule has 2 atom stereocenters. The number of hydrogen-bond donors (Lipinski definition) is 2. The number of methoxy groups -OCH3 is 1. The van der Waals surface area contributed by atoms with E-state index in [2.05, 4.69) is 5.32 Å². The summed E-state index contributed by atoms with van der Waals surface area (Å²) >= 11 is 0. The summed E-state index contributed by atoms with van der Waals surface area (Å²) in [6.45, 7) is 0.752. The molecule has 5 nitrogen and oxygen atoms in total. The third-order valence-electron chi connectivity index (χ3n) is 3.83. The van der Waals surface area contributed by atoms with Gasteiger partial charge in [-0.25, -0.2) is 4.39 Å². The molecule has 1 amide bonds. The van der Waals surface area contributed by atoms with Crippen LogP contribution >= 0.6 is 0 Å². The second-order valence-electron chi connectivity index (χ2n) is 5.59. The molecule has 1 aromatic carbocycles. The van der Waals surface area contributed by atoms with E-state index in [4.69, 9.17) is 15.2 Å². The van der Waals surface area contributed by atoms with Crippen molar-refractivity contribution in [1.29, 1.82) is 0 Å². The first kappa shape index (κ1) is 16.7. The Bertz CT molecular complexity index is 510. The maximum Gasteiger partial charge on any atom is 0.227 e. The number of rotatable bonds is 6. The van der Waals surface area contributed by atoms with E-state index in [0.29, 0.717) is 31.1 Å². The van der Waals surface area contributed by atoms with Crippen molar-refractivity contribution in [3.8, 4) is 5.75 Å². The fourth-order valence-corrected chi connectivity index (χ4v) is 2.66. The van der Waals surface area contributed by atoms with Gasteiger partial charge in [-0.15, -0.1) is 0 Å². The lowest BCUT2D eigenvalue weighted by atomic mass is 9.85. The Morgan fingerprint density at radius 3 is 2.95 bits per heavy atom. The number of amides is 1. The molecule has 3 N–H and O–H groups in total. The molecule has 0 spiro atoms.